The van der Waals surface area contributed by atoms with Crippen molar-refractivity contribution in [1.29, 1.82) is 0 Å². The maximum absolute atomic E-state index is 11.9. The molecule has 0 unspecified atom stereocenters. The van der Waals surface area contributed by atoms with Gasteiger partial charge in [-0.25, -0.2) is 18.4 Å². The number of halogens is 1. The minimum atomic E-state index is -3.94. The van der Waals surface area contributed by atoms with Crippen molar-refractivity contribution in [3.63, 3.8) is 0 Å². The monoisotopic (exact) mass is 332 g/mol. The molecule has 0 aromatic heterocycles. The van der Waals surface area contributed by atoms with Crippen LogP contribution in [-0.4, -0.2) is 25.4 Å². The van der Waals surface area contributed by atoms with Gasteiger partial charge in [0.15, 0.2) is 0 Å². The van der Waals surface area contributed by atoms with Gasteiger partial charge in [0, 0.05) is 11.1 Å². The molecule has 1 rings (SSSR count). The highest BCUT2D eigenvalue weighted by Crippen LogP contribution is 2.25. The molecule has 0 fully saturated rings. The molecule has 0 aliphatic heterocycles. The zero-order valence-electron chi connectivity index (χ0n) is 11.2. The standard InChI is InChI=1S/C12H13ClN2O5S/c1-6(7(2)12(17)18)11(16)15-10-5-8(21(14,19)20)3-4-9(10)13/h3-5H,1-2H3,(H,15,16)(H,17,18)(H2,14,19,20). The van der Waals surface area contributed by atoms with Crippen molar-refractivity contribution < 1.29 is 23.1 Å². The van der Waals surface area contributed by atoms with E-state index in [-0.39, 0.29) is 26.8 Å². The Kier molecular flexibility index (Phi) is 5.10. The first kappa shape index (κ1) is 17.2. The SMILES string of the molecule is CC(C(=O)O)=C(C)C(=O)Nc1cc(S(N)(=O)=O)ccc1Cl. The molecule has 1 amide bonds. The van der Waals surface area contributed by atoms with Gasteiger partial charge in [-0.2, -0.15) is 0 Å². The summed E-state index contributed by atoms with van der Waals surface area (Å²) >= 11 is 5.85. The van der Waals surface area contributed by atoms with Gasteiger partial charge in [0.25, 0.3) is 5.91 Å². The summed E-state index contributed by atoms with van der Waals surface area (Å²) in [6.45, 7) is 2.61. The number of sulfonamides is 1. The van der Waals surface area contributed by atoms with Crippen LogP contribution in [-0.2, 0) is 19.6 Å². The Balaban J connectivity index is 3.17. The molecule has 1 aromatic rings. The Morgan fingerprint density at radius 2 is 1.81 bits per heavy atom. The van der Waals surface area contributed by atoms with Crippen molar-refractivity contribution in [1.82, 2.24) is 0 Å². The highest BCUT2D eigenvalue weighted by atomic mass is 35.5. The van der Waals surface area contributed by atoms with E-state index in [4.69, 9.17) is 21.8 Å². The summed E-state index contributed by atoms with van der Waals surface area (Å²) in [5.41, 5.74) is -0.142. The second-order valence-electron chi connectivity index (χ2n) is 4.20. The Bertz CT molecular complexity index is 740. The van der Waals surface area contributed by atoms with Crippen LogP contribution in [0.3, 0.4) is 0 Å². The first-order chi connectivity index (χ1) is 9.54. The Labute approximate surface area is 126 Å². The van der Waals surface area contributed by atoms with E-state index in [0.29, 0.717) is 0 Å². The fraction of sp³-hybridized carbons (Fsp3) is 0.167. The predicted molar refractivity (Wildman–Crippen MR) is 77.5 cm³/mol. The number of carbonyl (C=O) groups is 2. The molecule has 7 nitrogen and oxygen atoms in total. The summed E-state index contributed by atoms with van der Waals surface area (Å²) in [6, 6.07) is 3.55. The van der Waals surface area contributed by atoms with Crippen molar-refractivity contribution in [2.45, 2.75) is 18.7 Å². The third kappa shape index (κ3) is 4.28. The number of carbonyl (C=O) groups excluding carboxylic acids is 1. The third-order valence-corrected chi connectivity index (χ3v) is 3.98. The lowest BCUT2D eigenvalue weighted by Crippen LogP contribution is -2.17. The van der Waals surface area contributed by atoms with Crippen LogP contribution in [0.2, 0.25) is 5.02 Å². The van der Waals surface area contributed by atoms with Gasteiger partial charge < -0.3 is 10.4 Å². The van der Waals surface area contributed by atoms with E-state index in [2.05, 4.69) is 5.32 Å². The molecule has 0 aliphatic carbocycles. The van der Waals surface area contributed by atoms with Crippen LogP contribution in [0.5, 0.6) is 0 Å². The lowest BCUT2D eigenvalue weighted by Gasteiger charge is -2.10. The van der Waals surface area contributed by atoms with E-state index in [1.54, 1.807) is 0 Å². The maximum Gasteiger partial charge on any atom is 0.331 e. The zero-order valence-corrected chi connectivity index (χ0v) is 12.7. The van der Waals surface area contributed by atoms with Crippen LogP contribution in [0.15, 0.2) is 34.2 Å². The van der Waals surface area contributed by atoms with Gasteiger partial charge in [-0.05, 0) is 32.0 Å². The van der Waals surface area contributed by atoms with Crippen LogP contribution in [0.25, 0.3) is 0 Å². The molecule has 0 bridgehead atoms. The molecule has 0 saturated heterocycles. The molecule has 0 aliphatic rings. The minimum Gasteiger partial charge on any atom is -0.478 e. The van der Waals surface area contributed by atoms with E-state index >= 15 is 0 Å². The summed E-state index contributed by atoms with van der Waals surface area (Å²) in [7, 11) is -3.94. The average molecular weight is 333 g/mol. The number of carboxylic acids is 1. The van der Waals surface area contributed by atoms with Crippen molar-refractivity contribution in [3.05, 3.63) is 34.4 Å². The summed E-state index contributed by atoms with van der Waals surface area (Å²) in [5, 5.41) is 16.2. The fourth-order valence-electron chi connectivity index (χ4n) is 1.32. The topological polar surface area (TPSA) is 127 Å². The highest BCUT2D eigenvalue weighted by Gasteiger charge is 2.16. The second-order valence-corrected chi connectivity index (χ2v) is 6.16. The van der Waals surface area contributed by atoms with Gasteiger partial charge in [0.2, 0.25) is 10.0 Å². The Morgan fingerprint density at radius 3 is 2.29 bits per heavy atom. The quantitative estimate of drug-likeness (QED) is 0.717. The number of hydrogen-bond acceptors (Lipinski definition) is 4. The molecule has 0 radical (unpaired) electrons. The predicted octanol–water partition coefficient (Wildman–Crippen LogP) is 1.35. The summed E-state index contributed by atoms with van der Waals surface area (Å²) in [6.07, 6.45) is 0. The van der Waals surface area contributed by atoms with Crippen molar-refractivity contribution in [3.8, 4) is 0 Å². The van der Waals surface area contributed by atoms with Crippen molar-refractivity contribution in [2.24, 2.45) is 5.14 Å². The van der Waals surface area contributed by atoms with Gasteiger partial charge in [-0.1, -0.05) is 11.6 Å². The smallest absolute Gasteiger partial charge is 0.331 e. The van der Waals surface area contributed by atoms with Crippen LogP contribution in [0.4, 0.5) is 5.69 Å². The van der Waals surface area contributed by atoms with Gasteiger partial charge in [-0.3, -0.25) is 4.79 Å². The van der Waals surface area contributed by atoms with E-state index in [1.165, 1.54) is 26.0 Å². The van der Waals surface area contributed by atoms with Gasteiger partial charge >= 0.3 is 5.97 Å². The summed E-state index contributed by atoms with van der Waals surface area (Å²) in [5.74, 6) is -1.93. The summed E-state index contributed by atoms with van der Waals surface area (Å²) < 4.78 is 22.5. The highest BCUT2D eigenvalue weighted by molar-refractivity contribution is 7.89. The van der Waals surface area contributed by atoms with E-state index in [0.717, 1.165) is 6.07 Å². The molecule has 0 heterocycles. The van der Waals surface area contributed by atoms with Crippen LogP contribution in [0.1, 0.15) is 13.8 Å². The average Bonchev–Trinajstić information content (AvgIpc) is 2.37. The van der Waals surface area contributed by atoms with E-state index in [9.17, 15) is 18.0 Å². The molecule has 4 N–H and O–H groups in total. The first-order valence-electron chi connectivity index (χ1n) is 5.58. The second kappa shape index (κ2) is 6.25. The van der Waals surface area contributed by atoms with Gasteiger partial charge in [-0.15, -0.1) is 0 Å². The van der Waals surface area contributed by atoms with Crippen LogP contribution in [0, 0.1) is 0 Å². The molecular weight excluding hydrogens is 320 g/mol. The number of anilines is 1. The molecule has 0 atom stereocenters. The number of benzene rings is 1. The van der Waals surface area contributed by atoms with E-state index < -0.39 is 21.9 Å². The zero-order chi connectivity index (χ0) is 16.4. The number of hydrogen-bond donors (Lipinski definition) is 3. The molecule has 114 valence electrons. The number of rotatable bonds is 4. The number of nitrogens with two attached hydrogens (primary N) is 1. The van der Waals surface area contributed by atoms with Crippen molar-refractivity contribution in [2.75, 3.05) is 5.32 Å². The normalized spacial score (nSPS) is 12.6. The lowest BCUT2D eigenvalue weighted by molar-refractivity contribution is -0.133. The molecule has 21 heavy (non-hydrogen) atoms. The largest absolute Gasteiger partial charge is 0.478 e. The molecule has 1 aromatic carbocycles. The molecule has 0 saturated carbocycles. The first-order valence-corrected chi connectivity index (χ1v) is 7.51. The maximum atomic E-state index is 11.9. The molecule has 0 spiro atoms. The fourth-order valence-corrected chi connectivity index (χ4v) is 2.03. The van der Waals surface area contributed by atoms with Gasteiger partial charge in [0.1, 0.15) is 0 Å². The van der Waals surface area contributed by atoms with Crippen molar-refractivity contribution >= 4 is 39.2 Å². The summed E-state index contributed by atoms with van der Waals surface area (Å²) in [4.78, 5) is 22.5. The number of nitrogens with one attached hydrogen (secondary N) is 1. The lowest BCUT2D eigenvalue weighted by atomic mass is 10.1. The number of primary sulfonamides is 1. The van der Waals surface area contributed by atoms with Crippen LogP contribution < -0.4 is 10.5 Å². The van der Waals surface area contributed by atoms with E-state index in [1.807, 2.05) is 0 Å². The Hall–Kier alpha value is -1.90. The number of amides is 1. The molecular formula is C12H13ClN2O5S. The number of carboxylic acid groups (broad SMARTS) is 1. The Morgan fingerprint density at radius 1 is 1.24 bits per heavy atom. The van der Waals surface area contributed by atoms with Gasteiger partial charge in [0.05, 0.1) is 15.6 Å². The van der Waals surface area contributed by atoms with Crippen LogP contribution >= 0.6 is 11.6 Å². The minimum absolute atomic E-state index is 0.0192. The third-order valence-electron chi connectivity index (χ3n) is 2.74. The number of aliphatic carboxylic acids is 1. The molecule has 9 heteroatoms.